The molecule has 3 aliphatic rings. The fourth-order valence-corrected chi connectivity index (χ4v) is 5.59. The molecule has 0 saturated carbocycles. The fourth-order valence-electron chi connectivity index (χ4n) is 5.59. The second-order valence-electron chi connectivity index (χ2n) is 9.98. The Morgan fingerprint density at radius 3 is 2.69 bits per heavy atom. The number of benzene rings is 2. The highest BCUT2D eigenvalue weighted by Crippen LogP contribution is 2.40. The van der Waals surface area contributed by atoms with Gasteiger partial charge in [-0.2, -0.15) is 0 Å². The van der Waals surface area contributed by atoms with E-state index < -0.39 is 5.54 Å². The van der Waals surface area contributed by atoms with Crippen LogP contribution in [0, 0.1) is 0 Å². The molecule has 8 heteroatoms. The van der Waals surface area contributed by atoms with Crippen molar-refractivity contribution >= 4 is 17.8 Å². The van der Waals surface area contributed by atoms with E-state index in [1.165, 1.54) is 0 Å². The first-order chi connectivity index (χ1) is 17.3. The van der Waals surface area contributed by atoms with Gasteiger partial charge in [-0.1, -0.05) is 32.0 Å². The van der Waals surface area contributed by atoms with Crippen molar-refractivity contribution in [1.29, 1.82) is 0 Å². The van der Waals surface area contributed by atoms with Crippen molar-refractivity contribution in [3.8, 4) is 11.5 Å². The van der Waals surface area contributed by atoms with E-state index in [0.29, 0.717) is 37.2 Å². The number of rotatable bonds is 5. The zero-order chi connectivity index (χ0) is 25.4. The molecule has 190 valence electrons. The maximum Gasteiger partial charge on any atom is 0.251 e. The lowest BCUT2D eigenvalue weighted by molar-refractivity contribution is -0.132. The average molecular weight is 491 g/mol. The van der Waals surface area contributed by atoms with Gasteiger partial charge in [0.25, 0.3) is 5.91 Å². The molecule has 0 bridgehead atoms. The first-order valence-electron chi connectivity index (χ1n) is 12.8. The number of aliphatic imine (C=N–C) groups is 1. The van der Waals surface area contributed by atoms with E-state index >= 15 is 0 Å². The molecule has 0 aliphatic carbocycles. The minimum absolute atomic E-state index is 0.00255. The van der Waals surface area contributed by atoms with Gasteiger partial charge in [-0.25, -0.2) is 4.99 Å². The summed E-state index contributed by atoms with van der Waals surface area (Å²) in [5, 5.41) is 3.18. The largest absolute Gasteiger partial charge is 0.493 e. The van der Waals surface area contributed by atoms with Crippen molar-refractivity contribution in [3.05, 3.63) is 59.2 Å². The summed E-state index contributed by atoms with van der Waals surface area (Å²) < 4.78 is 11.8. The Kier molecular flexibility index (Phi) is 6.36. The molecule has 2 aromatic rings. The van der Waals surface area contributed by atoms with E-state index in [9.17, 15) is 9.59 Å². The smallest absolute Gasteiger partial charge is 0.251 e. The van der Waals surface area contributed by atoms with Gasteiger partial charge in [0, 0.05) is 29.5 Å². The normalized spacial score (nSPS) is 24.5. The number of hydrogen-bond acceptors (Lipinski definition) is 6. The molecule has 0 aromatic heterocycles. The van der Waals surface area contributed by atoms with Gasteiger partial charge in [0.05, 0.1) is 36.8 Å². The van der Waals surface area contributed by atoms with Crippen LogP contribution in [0.4, 0.5) is 0 Å². The number of carbonyl (C=O) groups excluding carboxylic acids is 2. The molecule has 36 heavy (non-hydrogen) atoms. The van der Waals surface area contributed by atoms with Crippen LogP contribution >= 0.6 is 0 Å². The van der Waals surface area contributed by atoms with Gasteiger partial charge in [0.1, 0.15) is 11.5 Å². The van der Waals surface area contributed by atoms with Gasteiger partial charge < -0.3 is 20.5 Å². The number of nitrogens with zero attached hydrogens (tertiary/aromatic N) is 2. The predicted octanol–water partition coefficient (Wildman–Crippen LogP) is 4.26. The number of hydrogen-bond donors (Lipinski definition) is 2. The summed E-state index contributed by atoms with van der Waals surface area (Å²) in [6.07, 6.45) is 3.10. The molecule has 2 amide bonds. The van der Waals surface area contributed by atoms with Crippen molar-refractivity contribution in [3.63, 3.8) is 0 Å². The van der Waals surface area contributed by atoms with Crippen molar-refractivity contribution in [2.24, 2.45) is 10.7 Å². The van der Waals surface area contributed by atoms with E-state index in [-0.39, 0.29) is 36.0 Å². The second kappa shape index (κ2) is 9.48. The minimum Gasteiger partial charge on any atom is -0.493 e. The van der Waals surface area contributed by atoms with Crippen LogP contribution in [0.3, 0.4) is 0 Å². The molecule has 0 unspecified atom stereocenters. The lowest BCUT2D eigenvalue weighted by atomic mass is 9.87. The number of ether oxygens (including phenoxy) is 2. The molecular weight excluding hydrogens is 456 g/mol. The first-order valence-corrected chi connectivity index (χ1v) is 12.8. The summed E-state index contributed by atoms with van der Waals surface area (Å²) in [4.78, 5) is 33.0. The molecule has 3 N–H and O–H groups in total. The third kappa shape index (κ3) is 4.29. The van der Waals surface area contributed by atoms with Crippen LogP contribution < -0.4 is 20.5 Å². The van der Waals surface area contributed by atoms with Crippen LogP contribution in [0.15, 0.2) is 47.5 Å². The molecule has 2 aromatic carbocycles. The van der Waals surface area contributed by atoms with E-state index in [1.807, 2.05) is 51.1 Å². The molecule has 3 heterocycles. The Bertz CT molecular complexity index is 1210. The molecule has 0 spiro atoms. The lowest BCUT2D eigenvalue weighted by Crippen LogP contribution is -2.53. The van der Waals surface area contributed by atoms with Gasteiger partial charge in [-0.05, 0) is 44.0 Å². The molecule has 5 rings (SSSR count). The highest BCUT2D eigenvalue weighted by molar-refractivity contribution is 6.00. The molecule has 3 aliphatic heterocycles. The average Bonchev–Trinajstić information content (AvgIpc) is 2.88. The summed E-state index contributed by atoms with van der Waals surface area (Å²) in [6.45, 7) is 6.54. The van der Waals surface area contributed by atoms with Crippen molar-refractivity contribution < 1.29 is 19.1 Å². The maximum atomic E-state index is 13.4. The highest BCUT2D eigenvalue weighted by Gasteiger charge is 2.42. The van der Waals surface area contributed by atoms with Gasteiger partial charge >= 0.3 is 0 Å². The Labute approximate surface area is 211 Å². The zero-order valence-corrected chi connectivity index (χ0v) is 21.1. The van der Waals surface area contributed by atoms with E-state index in [1.54, 1.807) is 17.0 Å². The zero-order valence-electron chi connectivity index (χ0n) is 21.1. The van der Waals surface area contributed by atoms with Gasteiger partial charge in [0.2, 0.25) is 5.91 Å². The second-order valence-corrected chi connectivity index (χ2v) is 9.98. The van der Waals surface area contributed by atoms with Crippen LogP contribution in [0.2, 0.25) is 0 Å². The number of carbonyl (C=O) groups is 2. The third-order valence-corrected chi connectivity index (χ3v) is 7.75. The summed E-state index contributed by atoms with van der Waals surface area (Å²) in [5.41, 5.74) is 8.21. The Balaban J connectivity index is 1.43. The van der Waals surface area contributed by atoms with Crippen molar-refractivity contribution in [1.82, 2.24) is 10.2 Å². The molecular formula is C28H34N4O4. The summed E-state index contributed by atoms with van der Waals surface area (Å²) in [5.74, 6) is 1.49. The fraction of sp³-hybridized carbons (Fsp3) is 0.464. The SMILES string of the molecule is CCC1(CC)CC(=O)N([C@@H]2CCOc3ccc(C(=O)N[C@H]4C[C@H](C)Oc5ccccc54)cc32)C(N)=N1. The number of guanidine groups is 1. The van der Waals surface area contributed by atoms with Gasteiger partial charge in [-0.15, -0.1) is 0 Å². The van der Waals surface area contributed by atoms with Crippen molar-refractivity contribution in [2.45, 2.75) is 76.6 Å². The van der Waals surface area contributed by atoms with E-state index in [0.717, 1.165) is 29.7 Å². The summed E-state index contributed by atoms with van der Waals surface area (Å²) >= 11 is 0. The molecule has 3 atom stereocenters. The quantitative estimate of drug-likeness (QED) is 0.652. The number of amides is 2. The van der Waals surface area contributed by atoms with Gasteiger partial charge in [0.15, 0.2) is 5.96 Å². The molecule has 0 radical (unpaired) electrons. The Hall–Kier alpha value is -3.55. The van der Waals surface area contributed by atoms with Crippen LogP contribution in [0.5, 0.6) is 11.5 Å². The predicted molar refractivity (Wildman–Crippen MR) is 137 cm³/mol. The standard InChI is InChI=1S/C28H34N4O4/c1-4-28(5-2)16-25(33)32(27(29)31-28)22-12-13-35-23-11-10-18(15-20(22)23)26(34)30-21-14-17(3)36-24-9-7-6-8-19(21)24/h6-11,15,17,21-22H,4-5,12-14,16H2,1-3H3,(H2,29,31)(H,30,34)/t17-,21-,22+/m0/s1. The monoisotopic (exact) mass is 490 g/mol. The van der Waals surface area contributed by atoms with Gasteiger partial charge in [-0.3, -0.25) is 14.5 Å². The van der Waals surface area contributed by atoms with E-state index in [4.69, 9.17) is 20.2 Å². The van der Waals surface area contributed by atoms with Crippen LogP contribution in [-0.4, -0.2) is 40.9 Å². The van der Waals surface area contributed by atoms with Crippen LogP contribution in [-0.2, 0) is 4.79 Å². The molecule has 0 fully saturated rings. The Morgan fingerprint density at radius 1 is 1.17 bits per heavy atom. The first kappa shape index (κ1) is 24.2. The number of nitrogens with one attached hydrogen (secondary N) is 1. The summed E-state index contributed by atoms with van der Waals surface area (Å²) in [6, 6.07) is 12.7. The number of para-hydroxylation sites is 1. The highest BCUT2D eigenvalue weighted by atomic mass is 16.5. The van der Waals surface area contributed by atoms with Crippen LogP contribution in [0.1, 0.15) is 86.4 Å². The molecule has 0 saturated heterocycles. The maximum absolute atomic E-state index is 13.4. The third-order valence-electron chi connectivity index (χ3n) is 7.75. The lowest BCUT2D eigenvalue weighted by Gasteiger charge is -2.41. The van der Waals surface area contributed by atoms with Crippen LogP contribution in [0.25, 0.3) is 0 Å². The summed E-state index contributed by atoms with van der Waals surface area (Å²) in [7, 11) is 0. The van der Waals surface area contributed by atoms with Crippen molar-refractivity contribution in [2.75, 3.05) is 6.61 Å². The molecule has 8 nitrogen and oxygen atoms in total. The Morgan fingerprint density at radius 2 is 1.94 bits per heavy atom. The number of nitrogens with two attached hydrogens (primary N) is 1. The van der Waals surface area contributed by atoms with E-state index in [2.05, 4.69) is 5.32 Å². The topological polar surface area (TPSA) is 106 Å². The number of fused-ring (bicyclic) bond motifs is 2. The minimum atomic E-state index is -0.440.